The SMILES string of the molecule is COc1ccc(OC(C)C(=O)NCc2ccccc2CN2CCN(c3ccccc3)CC2)cc1. The zero-order valence-corrected chi connectivity index (χ0v) is 19.9. The maximum atomic E-state index is 12.6. The molecule has 0 aliphatic carbocycles. The number of amides is 1. The number of nitrogens with zero attached hydrogens (tertiary/aromatic N) is 2. The van der Waals surface area contributed by atoms with Crippen molar-refractivity contribution < 1.29 is 14.3 Å². The number of piperazine rings is 1. The second-order valence-electron chi connectivity index (χ2n) is 8.52. The monoisotopic (exact) mass is 459 g/mol. The van der Waals surface area contributed by atoms with E-state index in [1.165, 1.54) is 11.3 Å². The molecule has 178 valence electrons. The van der Waals surface area contributed by atoms with Crippen LogP contribution < -0.4 is 19.7 Å². The van der Waals surface area contributed by atoms with Crippen LogP contribution in [0.1, 0.15) is 18.1 Å². The first-order valence-corrected chi connectivity index (χ1v) is 11.8. The van der Waals surface area contributed by atoms with E-state index in [1.807, 2.05) is 18.2 Å². The van der Waals surface area contributed by atoms with Gasteiger partial charge in [-0.3, -0.25) is 9.69 Å². The molecule has 3 aromatic carbocycles. The predicted molar refractivity (Wildman–Crippen MR) is 135 cm³/mol. The third-order valence-electron chi connectivity index (χ3n) is 6.20. The molecular formula is C28H33N3O3. The van der Waals surface area contributed by atoms with Crippen molar-refractivity contribution in [1.82, 2.24) is 10.2 Å². The first-order chi connectivity index (χ1) is 16.6. The Morgan fingerprint density at radius 2 is 1.47 bits per heavy atom. The third kappa shape index (κ3) is 6.29. The zero-order valence-electron chi connectivity index (χ0n) is 19.9. The van der Waals surface area contributed by atoms with Gasteiger partial charge in [0.1, 0.15) is 11.5 Å². The molecule has 34 heavy (non-hydrogen) atoms. The van der Waals surface area contributed by atoms with Crippen molar-refractivity contribution in [3.05, 3.63) is 90.0 Å². The maximum Gasteiger partial charge on any atom is 0.261 e. The summed E-state index contributed by atoms with van der Waals surface area (Å²) in [5, 5.41) is 3.03. The summed E-state index contributed by atoms with van der Waals surface area (Å²) < 4.78 is 10.9. The fourth-order valence-electron chi connectivity index (χ4n) is 4.17. The van der Waals surface area contributed by atoms with Crippen LogP contribution in [0.15, 0.2) is 78.9 Å². The number of hydrogen-bond donors (Lipinski definition) is 1. The molecule has 6 nitrogen and oxygen atoms in total. The van der Waals surface area contributed by atoms with E-state index in [0.29, 0.717) is 12.3 Å². The van der Waals surface area contributed by atoms with Gasteiger partial charge < -0.3 is 19.7 Å². The van der Waals surface area contributed by atoms with Crippen molar-refractivity contribution >= 4 is 11.6 Å². The quantitative estimate of drug-likeness (QED) is 0.522. The lowest BCUT2D eigenvalue weighted by molar-refractivity contribution is -0.127. The van der Waals surface area contributed by atoms with E-state index >= 15 is 0 Å². The molecule has 1 heterocycles. The average Bonchev–Trinajstić information content (AvgIpc) is 2.89. The van der Waals surface area contributed by atoms with Crippen LogP contribution in [0.2, 0.25) is 0 Å². The maximum absolute atomic E-state index is 12.6. The van der Waals surface area contributed by atoms with E-state index in [9.17, 15) is 4.79 Å². The Kier molecular flexibility index (Phi) is 8.04. The number of carbonyl (C=O) groups is 1. The highest BCUT2D eigenvalue weighted by atomic mass is 16.5. The summed E-state index contributed by atoms with van der Waals surface area (Å²) in [6, 6.07) is 26.2. The van der Waals surface area contributed by atoms with Crippen LogP contribution >= 0.6 is 0 Å². The third-order valence-corrected chi connectivity index (χ3v) is 6.20. The molecule has 0 radical (unpaired) electrons. The lowest BCUT2D eigenvalue weighted by atomic mass is 10.1. The van der Waals surface area contributed by atoms with Gasteiger partial charge in [-0.1, -0.05) is 42.5 Å². The molecule has 3 aromatic rings. The average molecular weight is 460 g/mol. The van der Waals surface area contributed by atoms with E-state index in [2.05, 4.69) is 63.6 Å². The first kappa shape index (κ1) is 23.6. The molecule has 0 bridgehead atoms. The molecule has 1 fully saturated rings. The van der Waals surface area contributed by atoms with Crippen LogP contribution in [0.25, 0.3) is 0 Å². The molecule has 4 rings (SSSR count). The normalized spacial score (nSPS) is 14.9. The largest absolute Gasteiger partial charge is 0.497 e. The second kappa shape index (κ2) is 11.6. The molecule has 1 N–H and O–H groups in total. The Morgan fingerprint density at radius 1 is 0.853 bits per heavy atom. The van der Waals surface area contributed by atoms with Gasteiger partial charge in [-0.2, -0.15) is 0 Å². The Hall–Kier alpha value is -3.51. The van der Waals surface area contributed by atoms with Crippen molar-refractivity contribution in [2.24, 2.45) is 0 Å². The summed E-state index contributed by atoms with van der Waals surface area (Å²) in [5.74, 6) is 1.25. The van der Waals surface area contributed by atoms with Crippen molar-refractivity contribution in [1.29, 1.82) is 0 Å². The Bertz CT molecular complexity index is 1050. The minimum absolute atomic E-state index is 0.137. The molecule has 6 heteroatoms. The van der Waals surface area contributed by atoms with Crippen LogP contribution in [0.3, 0.4) is 0 Å². The summed E-state index contributed by atoms with van der Waals surface area (Å²) in [6.45, 7) is 7.19. The van der Waals surface area contributed by atoms with Crippen molar-refractivity contribution in [3.8, 4) is 11.5 Å². The molecule has 1 amide bonds. The Morgan fingerprint density at radius 3 is 2.15 bits per heavy atom. The predicted octanol–water partition coefficient (Wildman–Crippen LogP) is 4.10. The molecule has 0 aromatic heterocycles. The molecule has 1 atom stereocenters. The van der Waals surface area contributed by atoms with Crippen molar-refractivity contribution in [2.75, 3.05) is 38.2 Å². The molecule has 0 saturated carbocycles. The molecule has 0 spiro atoms. The number of hydrogen-bond acceptors (Lipinski definition) is 5. The topological polar surface area (TPSA) is 54.0 Å². The van der Waals surface area contributed by atoms with Gasteiger partial charge in [0.05, 0.1) is 7.11 Å². The van der Waals surface area contributed by atoms with Gasteiger partial charge >= 0.3 is 0 Å². The van der Waals surface area contributed by atoms with Gasteiger partial charge in [-0.15, -0.1) is 0 Å². The van der Waals surface area contributed by atoms with E-state index in [1.54, 1.807) is 26.2 Å². The number of nitrogens with one attached hydrogen (secondary N) is 1. The van der Waals surface area contributed by atoms with E-state index in [-0.39, 0.29) is 5.91 Å². The molecular weight excluding hydrogens is 426 g/mol. The van der Waals surface area contributed by atoms with E-state index in [0.717, 1.165) is 44.0 Å². The minimum Gasteiger partial charge on any atom is -0.497 e. The highest BCUT2D eigenvalue weighted by Crippen LogP contribution is 2.19. The Labute approximate surface area is 202 Å². The van der Waals surface area contributed by atoms with Crippen molar-refractivity contribution in [2.45, 2.75) is 26.1 Å². The fraction of sp³-hybridized carbons (Fsp3) is 0.321. The van der Waals surface area contributed by atoms with Crippen LogP contribution in [-0.4, -0.2) is 50.2 Å². The molecule has 1 unspecified atom stereocenters. The van der Waals surface area contributed by atoms with E-state index in [4.69, 9.17) is 9.47 Å². The van der Waals surface area contributed by atoms with E-state index < -0.39 is 6.10 Å². The highest BCUT2D eigenvalue weighted by molar-refractivity contribution is 5.80. The van der Waals surface area contributed by atoms with Gasteiger partial charge in [0.15, 0.2) is 6.10 Å². The van der Waals surface area contributed by atoms with Gasteiger partial charge in [-0.25, -0.2) is 0 Å². The minimum atomic E-state index is -0.591. The summed E-state index contributed by atoms with van der Waals surface area (Å²) >= 11 is 0. The summed E-state index contributed by atoms with van der Waals surface area (Å²) in [4.78, 5) is 17.6. The summed E-state index contributed by atoms with van der Waals surface area (Å²) in [5.41, 5.74) is 3.67. The van der Waals surface area contributed by atoms with Crippen LogP contribution in [0.5, 0.6) is 11.5 Å². The molecule has 1 aliphatic heterocycles. The Balaban J connectivity index is 1.28. The van der Waals surface area contributed by atoms with Gasteiger partial charge in [-0.05, 0) is 54.4 Å². The number of carbonyl (C=O) groups excluding carboxylic acids is 1. The van der Waals surface area contributed by atoms with Gasteiger partial charge in [0, 0.05) is 45.0 Å². The number of para-hydroxylation sites is 1. The second-order valence-corrected chi connectivity index (χ2v) is 8.52. The van der Waals surface area contributed by atoms with Crippen LogP contribution in [0, 0.1) is 0 Å². The highest BCUT2D eigenvalue weighted by Gasteiger charge is 2.19. The number of rotatable bonds is 9. The zero-order chi connectivity index (χ0) is 23.8. The summed E-state index contributed by atoms with van der Waals surface area (Å²) in [6.07, 6.45) is -0.591. The van der Waals surface area contributed by atoms with Gasteiger partial charge in [0.25, 0.3) is 5.91 Å². The molecule has 1 saturated heterocycles. The number of anilines is 1. The number of methoxy groups -OCH3 is 1. The number of benzene rings is 3. The molecule has 1 aliphatic rings. The standard InChI is InChI=1S/C28H33N3O3/c1-22(34-27-14-12-26(33-2)13-15-27)28(32)29-20-23-8-6-7-9-24(23)21-30-16-18-31(19-17-30)25-10-4-3-5-11-25/h3-15,22H,16-21H2,1-2H3,(H,29,32). The van der Waals surface area contributed by atoms with Crippen LogP contribution in [-0.2, 0) is 17.9 Å². The lowest BCUT2D eigenvalue weighted by Gasteiger charge is -2.36. The first-order valence-electron chi connectivity index (χ1n) is 11.8. The van der Waals surface area contributed by atoms with Gasteiger partial charge in [0.2, 0.25) is 0 Å². The van der Waals surface area contributed by atoms with Crippen molar-refractivity contribution in [3.63, 3.8) is 0 Å². The summed E-state index contributed by atoms with van der Waals surface area (Å²) in [7, 11) is 1.62. The number of ether oxygens (including phenoxy) is 2. The lowest BCUT2D eigenvalue weighted by Crippen LogP contribution is -2.46. The smallest absolute Gasteiger partial charge is 0.261 e. The fourth-order valence-corrected chi connectivity index (χ4v) is 4.17. The van der Waals surface area contributed by atoms with Crippen LogP contribution in [0.4, 0.5) is 5.69 Å².